The number of carbonyl (C=O) groups is 2. The van der Waals surface area contributed by atoms with Gasteiger partial charge in [0.25, 0.3) is 0 Å². The van der Waals surface area contributed by atoms with E-state index >= 15 is 0 Å². The highest BCUT2D eigenvalue weighted by atomic mass is 32.2. The minimum absolute atomic E-state index is 0.573. The normalized spacial score (nSPS) is 13.4. The van der Waals surface area contributed by atoms with Gasteiger partial charge in [-0.25, -0.2) is 13.2 Å². The van der Waals surface area contributed by atoms with Crippen molar-refractivity contribution in [3.63, 3.8) is 0 Å². The van der Waals surface area contributed by atoms with Gasteiger partial charge < -0.3 is 10.4 Å². The Labute approximate surface area is 75.9 Å². The van der Waals surface area contributed by atoms with Gasteiger partial charge in [-0.05, 0) is 0 Å². The fourth-order valence-corrected chi connectivity index (χ4v) is 1.55. The van der Waals surface area contributed by atoms with Crippen LogP contribution in [0.25, 0.3) is 0 Å². The monoisotopic (exact) mass is 209 g/mol. The molecule has 1 amide bonds. The van der Waals surface area contributed by atoms with Crippen molar-refractivity contribution in [2.24, 2.45) is 0 Å². The van der Waals surface area contributed by atoms with Crippen LogP contribution in [-0.2, 0) is 19.4 Å². The summed E-state index contributed by atoms with van der Waals surface area (Å²) in [7, 11) is -3.41. The minimum Gasteiger partial charge on any atom is -0.480 e. The Kier molecular flexibility index (Phi) is 3.86. The summed E-state index contributed by atoms with van der Waals surface area (Å²) in [4.78, 5) is 20.9. The summed E-state index contributed by atoms with van der Waals surface area (Å²) in [6, 6.07) is -1.37. The van der Waals surface area contributed by atoms with Crippen LogP contribution in [0.3, 0.4) is 0 Å². The highest BCUT2D eigenvalue weighted by molar-refractivity contribution is 7.90. The zero-order valence-corrected chi connectivity index (χ0v) is 8.09. The van der Waals surface area contributed by atoms with Crippen molar-refractivity contribution in [2.75, 3.05) is 12.0 Å². The molecule has 0 fully saturated rings. The molecular weight excluding hydrogens is 198 g/mol. The Morgan fingerprint density at radius 3 is 2.15 bits per heavy atom. The molecule has 0 aromatic carbocycles. The van der Waals surface area contributed by atoms with E-state index in [1.165, 1.54) is 0 Å². The highest BCUT2D eigenvalue weighted by Gasteiger charge is 2.22. The van der Waals surface area contributed by atoms with Crippen LogP contribution in [0.15, 0.2) is 0 Å². The smallest absolute Gasteiger partial charge is 0.327 e. The van der Waals surface area contributed by atoms with Crippen LogP contribution in [-0.4, -0.2) is 43.5 Å². The molecule has 0 heterocycles. The van der Waals surface area contributed by atoms with Crippen LogP contribution in [0.4, 0.5) is 0 Å². The average Bonchev–Trinajstić information content (AvgIpc) is 1.81. The first-order chi connectivity index (χ1) is 5.72. The van der Waals surface area contributed by atoms with E-state index in [-0.39, 0.29) is 0 Å². The quantitative estimate of drug-likeness (QED) is 0.594. The molecule has 0 aliphatic rings. The molecule has 6 nitrogen and oxygen atoms in total. The second-order valence-electron chi connectivity index (χ2n) is 2.68. The first-order valence-electron chi connectivity index (χ1n) is 3.40. The number of sulfone groups is 1. The summed E-state index contributed by atoms with van der Waals surface area (Å²) in [6.45, 7) is 1.12. The van der Waals surface area contributed by atoms with Crippen molar-refractivity contribution >= 4 is 21.7 Å². The zero-order chi connectivity index (χ0) is 10.6. The molecular formula is C6H11NO5S. The van der Waals surface area contributed by atoms with Gasteiger partial charge in [-0.1, -0.05) is 0 Å². The predicted molar refractivity (Wildman–Crippen MR) is 45.0 cm³/mol. The second kappa shape index (κ2) is 4.22. The summed E-state index contributed by atoms with van der Waals surface area (Å²) in [6.07, 6.45) is 0.907. The molecule has 0 aromatic rings. The lowest BCUT2D eigenvalue weighted by Gasteiger charge is -2.11. The minimum atomic E-state index is -3.41. The SMILES string of the molecule is CC(=O)N[C@@H](CS(C)(=O)=O)C(=O)O. The van der Waals surface area contributed by atoms with E-state index in [4.69, 9.17) is 5.11 Å². The maximum absolute atomic E-state index is 10.7. The number of hydrogen-bond acceptors (Lipinski definition) is 4. The van der Waals surface area contributed by atoms with Crippen LogP contribution < -0.4 is 5.32 Å². The lowest BCUT2D eigenvalue weighted by molar-refractivity contribution is -0.140. The van der Waals surface area contributed by atoms with E-state index < -0.39 is 33.5 Å². The van der Waals surface area contributed by atoms with Crippen molar-refractivity contribution in [3.8, 4) is 0 Å². The van der Waals surface area contributed by atoms with Gasteiger partial charge in [-0.15, -0.1) is 0 Å². The molecule has 76 valence electrons. The van der Waals surface area contributed by atoms with Gasteiger partial charge in [0.05, 0.1) is 5.75 Å². The second-order valence-corrected chi connectivity index (χ2v) is 4.87. The molecule has 0 aliphatic carbocycles. The standard InChI is InChI=1S/C6H11NO5S/c1-4(8)7-5(6(9)10)3-13(2,11)12/h5H,3H2,1-2H3,(H,7,8)(H,9,10)/t5-/m0/s1. The number of aliphatic carboxylic acids is 1. The van der Waals surface area contributed by atoms with Crippen LogP contribution >= 0.6 is 0 Å². The molecule has 0 radical (unpaired) electrons. The van der Waals surface area contributed by atoms with E-state index in [1.54, 1.807) is 0 Å². The molecule has 7 heteroatoms. The van der Waals surface area contributed by atoms with Gasteiger partial charge in [-0.3, -0.25) is 4.79 Å². The molecule has 0 aliphatic heterocycles. The van der Waals surface area contributed by atoms with Gasteiger partial charge >= 0.3 is 5.97 Å². The lowest BCUT2D eigenvalue weighted by Crippen LogP contribution is -2.44. The number of carboxylic acids is 1. The molecule has 0 bridgehead atoms. The maximum atomic E-state index is 10.7. The first-order valence-corrected chi connectivity index (χ1v) is 5.46. The van der Waals surface area contributed by atoms with Gasteiger partial charge in [0.15, 0.2) is 0 Å². The van der Waals surface area contributed by atoms with Gasteiger partial charge in [-0.2, -0.15) is 0 Å². The maximum Gasteiger partial charge on any atom is 0.327 e. The van der Waals surface area contributed by atoms with Gasteiger partial charge in [0.1, 0.15) is 15.9 Å². The third-order valence-corrected chi connectivity index (χ3v) is 2.08. The average molecular weight is 209 g/mol. The molecule has 0 saturated carbocycles. The Balaban J connectivity index is 4.45. The van der Waals surface area contributed by atoms with Gasteiger partial charge in [0, 0.05) is 13.2 Å². The Morgan fingerprint density at radius 2 is 1.92 bits per heavy atom. The van der Waals surface area contributed by atoms with E-state index in [2.05, 4.69) is 0 Å². The predicted octanol–water partition coefficient (Wildman–Crippen LogP) is -1.38. The molecule has 13 heavy (non-hydrogen) atoms. The number of carboxylic acid groups (broad SMARTS) is 1. The van der Waals surface area contributed by atoms with Crippen molar-refractivity contribution < 1.29 is 23.1 Å². The summed E-state index contributed by atoms with van der Waals surface area (Å²) >= 11 is 0. The third-order valence-electron chi connectivity index (χ3n) is 1.15. The zero-order valence-electron chi connectivity index (χ0n) is 7.27. The fourth-order valence-electron chi connectivity index (χ4n) is 0.723. The summed E-state index contributed by atoms with van der Waals surface area (Å²) < 4.78 is 21.4. The van der Waals surface area contributed by atoms with Crippen LogP contribution in [0.5, 0.6) is 0 Å². The summed E-state index contributed by atoms with van der Waals surface area (Å²) in [5.41, 5.74) is 0. The topological polar surface area (TPSA) is 101 Å². The number of amides is 1. The molecule has 0 aromatic heterocycles. The van der Waals surface area contributed by atoms with Crippen molar-refractivity contribution in [1.29, 1.82) is 0 Å². The van der Waals surface area contributed by atoms with Crippen molar-refractivity contribution in [2.45, 2.75) is 13.0 Å². The van der Waals surface area contributed by atoms with Crippen molar-refractivity contribution in [1.82, 2.24) is 5.32 Å². The number of rotatable bonds is 4. The third kappa shape index (κ3) is 6.09. The molecule has 0 saturated heterocycles. The Morgan fingerprint density at radius 1 is 1.46 bits per heavy atom. The lowest BCUT2D eigenvalue weighted by atomic mass is 10.3. The number of hydrogen-bond donors (Lipinski definition) is 2. The highest BCUT2D eigenvalue weighted by Crippen LogP contribution is 1.91. The van der Waals surface area contributed by atoms with E-state index in [1.807, 2.05) is 5.32 Å². The van der Waals surface area contributed by atoms with E-state index in [9.17, 15) is 18.0 Å². The van der Waals surface area contributed by atoms with Crippen molar-refractivity contribution in [3.05, 3.63) is 0 Å². The molecule has 0 spiro atoms. The van der Waals surface area contributed by atoms with Crippen LogP contribution in [0, 0.1) is 0 Å². The molecule has 0 unspecified atom stereocenters. The molecule has 1 atom stereocenters. The Hall–Kier alpha value is -1.11. The summed E-state index contributed by atoms with van der Waals surface area (Å²) in [5, 5.41) is 10.5. The number of carbonyl (C=O) groups excluding carboxylic acids is 1. The fraction of sp³-hybridized carbons (Fsp3) is 0.667. The van der Waals surface area contributed by atoms with Gasteiger partial charge in [0.2, 0.25) is 5.91 Å². The first kappa shape index (κ1) is 11.9. The number of nitrogens with one attached hydrogen (secondary N) is 1. The largest absolute Gasteiger partial charge is 0.480 e. The summed E-state index contributed by atoms with van der Waals surface area (Å²) in [5.74, 6) is -2.53. The van der Waals surface area contributed by atoms with Crippen LogP contribution in [0.2, 0.25) is 0 Å². The van der Waals surface area contributed by atoms with Crippen LogP contribution in [0.1, 0.15) is 6.92 Å². The van der Waals surface area contributed by atoms with E-state index in [0.717, 1.165) is 13.2 Å². The van der Waals surface area contributed by atoms with E-state index in [0.29, 0.717) is 0 Å². The molecule has 0 rings (SSSR count). The molecule has 2 N–H and O–H groups in total. The Bertz CT molecular complexity index is 307.